The van der Waals surface area contributed by atoms with E-state index in [2.05, 4.69) is 10.6 Å². The Balaban J connectivity index is 1.32. The largest absolute Gasteiger partial charge is 0.497 e. The van der Waals surface area contributed by atoms with Gasteiger partial charge in [0, 0.05) is 36.1 Å². The van der Waals surface area contributed by atoms with E-state index in [1.165, 1.54) is 12.8 Å². The summed E-state index contributed by atoms with van der Waals surface area (Å²) in [6, 6.07) is 15.6. The van der Waals surface area contributed by atoms with Gasteiger partial charge in [-0.3, -0.25) is 9.59 Å². The van der Waals surface area contributed by atoms with Crippen LogP contribution in [0, 0.1) is 5.92 Å². The molecule has 2 amide bonds. The Kier molecular flexibility index (Phi) is 5.69. The summed E-state index contributed by atoms with van der Waals surface area (Å²) in [4.78, 5) is 26.9. The molecule has 6 nitrogen and oxygen atoms in total. The minimum Gasteiger partial charge on any atom is -0.497 e. The number of carbonyl (C=O) groups excluding carboxylic acids is 2. The Labute approximate surface area is 171 Å². The molecular weight excluding hydrogens is 366 g/mol. The highest BCUT2D eigenvalue weighted by Crippen LogP contribution is 2.30. The van der Waals surface area contributed by atoms with Gasteiger partial charge in [0.25, 0.3) is 0 Å². The molecule has 2 fully saturated rings. The number of anilines is 3. The smallest absolute Gasteiger partial charge is 0.229 e. The van der Waals surface area contributed by atoms with Crippen LogP contribution in [0.15, 0.2) is 48.5 Å². The molecular formula is C23H27N3O3. The standard InChI is InChI=1S/C23H27N3O3/c1-29-21-12-10-18(11-13-21)24-17-6-8-19(9-7-17)25-23(28)16-14-22(27)26(15-16)20-4-2-3-5-20/h6-13,16,20,24H,2-5,14-15H2,1H3,(H,25,28)/t16-/m1/s1. The predicted octanol–water partition coefficient (Wildman–Crippen LogP) is 4.17. The molecule has 0 bridgehead atoms. The number of nitrogens with zero attached hydrogens (tertiary/aromatic N) is 1. The first-order valence-corrected chi connectivity index (χ1v) is 10.2. The zero-order valence-corrected chi connectivity index (χ0v) is 16.7. The second-order valence-electron chi connectivity index (χ2n) is 7.81. The van der Waals surface area contributed by atoms with Crippen molar-refractivity contribution in [3.8, 4) is 5.75 Å². The quantitative estimate of drug-likeness (QED) is 0.773. The Morgan fingerprint density at radius 1 is 0.966 bits per heavy atom. The summed E-state index contributed by atoms with van der Waals surface area (Å²) >= 11 is 0. The third kappa shape index (κ3) is 4.53. The van der Waals surface area contributed by atoms with Crippen LogP contribution in [-0.4, -0.2) is 36.4 Å². The van der Waals surface area contributed by atoms with Crippen LogP contribution < -0.4 is 15.4 Å². The average molecular weight is 393 g/mol. The van der Waals surface area contributed by atoms with E-state index in [0.717, 1.165) is 35.7 Å². The third-order valence-corrected chi connectivity index (χ3v) is 5.83. The molecule has 0 radical (unpaired) electrons. The molecule has 2 aromatic carbocycles. The Morgan fingerprint density at radius 3 is 2.17 bits per heavy atom. The molecule has 6 heteroatoms. The molecule has 0 aromatic heterocycles. The molecule has 1 saturated heterocycles. The van der Waals surface area contributed by atoms with Gasteiger partial charge < -0.3 is 20.3 Å². The zero-order chi connectivity index (χ0) is 20.2. The molecule has 29 heavy (non-hydrogen) atoms. The Hall–Kier alpha value is -3.02. The maximum atomic E-state index is 12.6. The minimum atomic E-state index is -0.264. The van der Waals surface area contributed by atoms with Gasteiger partial charge in [0.2, 0.25) is 11.8 Å². The number of rotatable bonds is 6. The summed E-state index contributed by atoms with van der Waals surface area (Å²) in [6.45, 7) is 0.548. The van der Waals surface area contributed by atoms with Crippen molar-refractivity contribution < 1.29 is 14.3 Å². The van der Waals surface area contributed by atoms with Gasteiger partial charge in [-0.1, -0.05) is 12.8 Å². The maximum absolute atomic E-state index is 12.6. The lowest BCUT2D eigenvalue weighted by Gasteiger charge is -2.23. The lowest BCUT2D eigenvalue weighted by Crippen LogP contribution is -2.35. The summed E-state index contributed by atoms with van der Waals surface area (Å²) in [6.07, 6.45) is 4.83. The Bertz CT molecular complexity index is 858. The summed E-state index contributed by atoms with van der Waals surface area (Å²) in [5.74, 6) is 0.594. The van der Waals surface area contributed by atoms with E-state index in [-0.39, 0.29) is 17.7 Å². The lowest BCUT2D eigenvalue weighted by atomic mass is 10.1. The van der Waals surface area contributed by atoms with Crippen LogP contribution in [0.1, 0.15) is 32.1 Å². The summed E-state index contributed by atoms with van der Waals surface area (Å²) < 4.78 is 5.16. The molecule has 152 valence electrons. The fourth-order valence-electron chi connectivity index (χ4n) is 4.20. The number of benzene rings is 2. The van der Waals surface area contributed by atoms with Crippen LogP contribution in [0.25, 0.3) is 0 Å². The van der Waals surface area contributed by atoms with Gasteiger partial charge in [-0.05, 0) is 61.4 Å². The first kappa shape index (κ1) is 19.3. The van der Waals surface area contributed by atoms with Crippen LogP contribution in [0.2, 0.25) is 0 Å². The van der Waals surface area contributed by atoms with Crippen molar-refractivity contribution in [1.29, 1.82) is 0 Å². The van der Waals surface area contributed by atoms with Crippen molar-refractivity contribution in [1.82, 2.24) is 4.90 Å². The van der Waals surface area contributed by atoms with Crippen LogP contribution in [0.3, 0.4) is 0 Å². The normalized spacial score (nSPS) is 19.4. The fourth-order valence-corrected chi connectivity index (χ4v) is 4.20. The molecule has 1 atom stereocenters. The number of carbonyl (C=O) groups is 2. The van der Waals surface area contributed by atoms with Crippen molar-refractivity contribution in [2.24, 2.45) is 5.92 Å². The SMILES string of the molecule is COc1ccc(Nc2ccc(NC(=O)[C@@H]3CC(=O)N(C4CCCC4)C3)cc2)cc1. The van der Waals surface area contributed by atoms with Crippen molar-refractivity contribution in [3.05, 3.63) is 48.5 Å². The maximum Gasteiger partial charge on any atom is 0.229 e. The minimum absolute atomic E-state index is 0.0743. The zero-order valence-electron chi connectivity index (χ0n) is 16.7. The van der Waals surface area contributed by atoms with Gasteiger partial charge in [-0.2, -0.15) is 0 Å². The molecule has 1 aliphatic heterocycles. The fraction of sp³-hybridized carbons (Fsp3) is 0.391. The number of nitrogens with one attached hydrogen (secondary N) is 2. The number of amides is 2. The van der Waals surface area contributed by atoms with Crippen LogP contribution in [0.4, 0.5) is 17.1 Å². The number of hydrogen-bond donors (Lipinski definition) is 2. The van der Waals surface area contributed by atoms with Gasteiger partial charge in [-0.25, -0.2) is 0 Å². The predicted molar refractivity (Wildman–Crippen MR) is 113 cm³/mol. The highest BCUT2D eigenvalue weighted by atomic mass is 16.5. The van der Waals surface area contributed by atoms with E-state index in [9.17, 15) is 9.59 Å². The molecule has 0 spiro atoms. The molecule has 0 unspecified atom stereocenters. The van der Waals surface area contributed by atoms with Gasteiger partial charge in [0.1, 0.15) is 5.75 Å². The van der Waals surface area contributed by atoms with Crippen molar-refractivity contribution in [2.75, 3.05) is 24.3 Å². The van der Waals surface area contributed by atoms with Gasteiger partial charge in [0.05, 0.1) is 13.0 Å². The van der Waals surface area contributed by atoms with E-state index in [4.69, 9.17) is 4.74 Å². The van der Waals surface area contributed by atoms with Crippen molar-refractivity contribution in [2.45, 2.75) is 38.1 Å². The third-order valence-electron chi connectivity index (χ3n) is 5.83. The molecule has 2 aromatic rings. The first-order valence-electron chi connectivity index (χ1n) is 10.2. The molecule has 1 heterocycles. The molecule has 1 saturated carbocycles. The second-order valence-corrected chi connectivity index (χ2v) is 7.81. The summed E-state index contributed by atoms with van der Waals surface area (Å²) in [5.41, 5.74) is 2.62. The van der Waals surface area contributed by atoms with Gasteiger partial charge in [-0.15, -0.1) is 0 Å². The summed E-state index contributed by atoms with van der Waals surface area (Å²) in [5, 5.41) is 6.27. The number of methoxy groups -OCH3 is 1. The molecule has 4 rings (SSSR count). The van der Waals surface area contributed by atoms with Crippen molar-refractivity contribution in [3.63, 3.8) is 0 Å². The summed E-state index contributed by atoms with van der Waals surface area (Å²) in [7, 11) is 1.64. The second kappa shape index (κ2) is 8.55. The van der Waals surface area contributed by atoms with Gasteiger partial charge in [0.15, 0.2) is 0 Å². The van der Waals surface area contributed by atoms with E-state index < -0.39 is 0 Å². The Morgan fingerprint density at radius 2 is 1.55 bits per heavy atom. The first-order chi connectivity index (χ1) is 14.1. The van der Waals surface area contributed by atoms with Gasteiger partial charge >= 0.3 is 0 Å². The number of ether oxygens (including phenoxy) is 1. The average Bonchev–Trinajstić information content (AvgIpc) is 3.39. The van der Waals surface area contributed by atoms with E-state index in [1.54, 1.807) is 7.11 Å². The molecule has 2 N–H and O–H groups in total. The van der Waals surface area contributed by atoms with E-state index in [1.807, 2.05) is 53.4 Å². The van der Waals surface area contributed by atoms with Crippen LogP contribution in [-0.2, 0) is 9.59 Å². The van der Waals surface area contributed by atoms with Crippen molar-refractivity contribution >= 4 is 28.9 Å². The highest BCUT2D eigenvalue weighted by Gasteiger charge is 2.38. The lowest BCUT2D eigenvalue weighted by molar-refractivity contribution is -0.129. The number of likely N-dealkylation sites (tertiary alicyclic amines) is 1. The highest BCUT2D eigenvalue weighted by molar-refractivity contribution is 5.97. The molecule has 1 aliphatic carbocycles. The number of hydrogen-bond acceptors (Lipinski definition) is 4. The monoisotopic (exact) mass is 393 g/mol. The topological polar surface area (TPSA) is 70.7 Å². The van der Waals surface area contributed by atoms with Crippen LogP contribution in [0.5, 0.6) is 5.75 Å². The van der Waals surface area contributed by atoms with Crippen LogP contribution >= 0.6 is 0 Å². The van der Waals surface area contributed by atoms with E-state index >= 15 is 0 Å². The molecule has 2 aliphatic rings. The van der Waals surface area contributed by atoms with E-state index in [0.29, 0.717) is 19.0 Å².